The summed E-state index contributed by atoms with van der Waals surface area (Å²) in [6.45, 7) is 19.7. The van der Waals surface area contributed by atoms with Gasteiger partial charge in [0.15, 0.2) is 8.32 Å². The average molecular weight is 731 g/mol. The van der Waals surface area contributed by atoms with E-state index in [-0.39, 0.29) is 28.9 Å². The van der Waals surface area contributed by atoms with Gasteiger partial charge in [-0.3, -0.25) is 9.59 Å². The lowest BCUT2D eigenvalue weighted by atomic mass is 9.84. The molecule has 0 aliphatic rings. The van der Waals surface area contributed by atoms with Crippen molar-refractivity contribution < 1.29 is 14.0 Å². The molecule has 2 amide bonds. The summed E-state index contributed by atoms with van der Waals surface area (Å²) in [5.41, 5.74) is 3.20. The van der Waals surface area contributed by atoms with Gasteiger partial charge in [0, 0.05) is 18.7 Å². The highest BCUT2D eigenvalue weighted by Crippen LogP contribution is 2.49. The second-order valence-electron chi connectivity index (χ2n) is 16.6. The molecular weight excluding hydrogens is 665 g/mol. The van der Waals surface area contributed by atoms with Crippen molar-refractivity contribution >= 4 is 31.9 Å². The van der Waals surface area contributed by atoms with Gasteiger partial charge in [-0.1, -0.05) is 172 Å². The van der Waals surface area contributed by atoms with Gasteiger partial charge in [0.2, 0.25) is 11.8 Å². The van der Waals surface area contributed by atoms with Gasteiger partial charge in [0.25, 0.3) is 0 Å². The molecule has 1 unspecified atom stereocenters. The summed E-state index contributed by atoms with van der Waals surface area (Å²) in [5, 5.41) is 5.98. The molecule has 3 rings (SSSR count). The minimum atomic E-state index is -2.25. The predicted molar refractivity (Wildman–Crippen MR) is 221 cm³/mol. The van der Waals surface area contributed by atoms with Crippen LogP contribution in [0.3, 0.4) is 0 Å². The molecule has 0 aromatic heterocycles. The summed E-state index contributed by atoms with van der Waals surface area (Å²) in [6, 6.07) is 31.7. The van der Waals surface area contributed by atoms with Gasteiger partial charge < -0.3 is 15.1 Å². The Labute approximate surface area is 315 Å². The number of rotatable bonds is 19. The molecule has 0 spiro atoms. The first-order chi connectivity index (χ1) is 24.1. The maximum Gasteiger partial charge on any atom is 0.242 e. The number of carbonyl (C=O) groups is 2. The van der Waals surface area contributed by atoms with Crippen LogP contribution < -0.4 is 10.6 Å². The first kappa shape index (κ1) is 42.5. The van der Waals surface area contributed by atoms with Gasteiger partial charge in [-0.2, -0.15) is 0 Å². The van der Waals surface area contributed by atoms with Crippen molar-refractivity contribution in [2.45, 2.75) is 128 Å². The highest BCUT2D eigenvalue weighted by molar-refractivity contribution is 8.00. The highest BCUT2D eigenvalue weighted by Gasteiger charge is 2.43. The van der Waals surface area contributed by atoms with Crippen LogP contribution in [-0.4, -0.2) is 45.1 Å². The lowest BCUT2D eigenvalue weighted by Crippen LogP contribution is -2.54. The monoisotopic (exact) mass is 730 g/mol. The number of carbonyl (C=O) groups excluding carboxylic acids is 2. The summed E-state index contributed by atoms with van der Waals surface area (Å²) in [5.74, 6) is 0.197. The van der Waals surface area contributed by atoms with E-state index in [2.05, 4.69) is 142 Å². The predicted octanol–water partition coefficient (Wildman–Crippen LogP) is 10.7. The minimum Gasteiger partial charge on any atom is -0.413 e. The number of nitrogens with one attached hydrogen (secondary N) is 2. The second kappa shape index (κ2) is 19.3. The number of unbranched alkanes of at least 4 members (excludes halogenated alkanes) is 4. The Morgan fingerprint density at radius 2 is 1.20 bits per heavy atom. The number of hydrogen-bond acceptors (Lipinski definition) is 4. The van der Waals surface area contributed by atoms with Crippen LogP contribution in [0.5, 0.6) is 0 Å². The van der Waals surface area contributed by atoms with Crippen molar-refractivity contribution in [3.8, 4) is 0 Å². The average Bonchev–Trinajstić information content (AvgIpc) is 3.10. The zero-order valence-electron chi connectivity index (χ0n) is 33.2. The number of benzene rings is 3. The summed E-state index contributed by atoms with van der Waals surface area (Å²) in [4.78, 5) is 27.4. The van der Waals surface area contributed by atoms with E-state index in [0.717, 1.165) is 19.3 Å². The quantitative estimate of drug-likeness (QED) is 0.0732. The van der Waals surface area contributed by atoms with Crippen molar-refractivity contribution in [2.75, 3.05) is 12.8 Å². The lowest BCUT2D eigenvalue weighted by molar-refractivity contribution is -0.134. The van der Waals surface area contributed by atoms with Gasteiger partial charge in [0.1, 0.15) is 6.04 Å². The van der Waals surface area contributed by atoms with Crippen LogP contribution in [0.1, 0.15) is 110 Å². The van der Waals surface area contributed by atoms with E-state index < -0.39 is 24.5 Å². The zero-order chi connectivity index (χ0) is 37.7. The van der Waals surface area contributed by atoms with Crippen LogP contribution in [0.4, 0.5) is 0 Å². The lowest BCUT2D eigenvalue weighted by Gasteiger charge is -2.42. The van der Waals surface area contributed by atoms with Crippen LogP contribution in [0.25, 0.3) is 0 Å². The molecule has 0 saturated heterocycles. The molecule has 3 aromatic rings. The molecule has 2 N–H and O–H groups in total. The molecule has 0 aliphatic heterocycles. The maximum atomic E-state index is 14.4. The van der Waals surface area contributed by atoms with Gasteiger partial charge in [-0.05, 0) is 53.1 Å². The molecule has 0 radical (unpaired) electrons. The van der Waals surface area contributed by atoms with Crippen molar-refractivity contribution in [2.24, 2.45) is 11.3 Å². The van der Waals surface area contributed by atoms with E-state index in [9.17, 15) is 9.59 Å². The first-order valence-corrected chi connectivity index (χ1v) is 23.0. The molecule has 5 nitrogen and oxygen atoms in total. The van der Waals surface area contributed by atoms with E-state index >= 15 is 0 Å². The fourth-order valence-electron chi connectivity index (χ4n) is 6.48. The summed E-state index contributed by atoms with van der Waals surface area (Å²) >= 11 is 1.90. The van der Waals surface area contributed by atoms with Crippen LogP contribution in [-0.2, 0) is 18.8 Å². The van der Waals surface area contributed by atoms with E-state index in [0.29, 0.717) is 12.2 Å². The molecule has 3 aromatic carbocycles. The molecule has 3 atom stereocenters. The number of amides is 2. The Balaban J connectivity index is 2.10. The molecule has 7 heteroatoms. The van der Waals surface area contributed by atoms with E-state index in [1.165, 1.54) is 36.0 Å². The van der Waals surface area contributed by atoms with Gasteiger partial charge in [-0.25, -0.2) is 0 Å². The topological polar surface area (TPSA) is 67.4 Å². The summed E-state index contributed by atoms with van der Waals surface area (Å²) < 4.78 is 6.84. The van der Waals surface area contributed by atoms with E-state index in [4.69, 9.17) is 4.43 Å². The van der Waals surface area contributed by atoms with Crippen molar-refractivity contribution in [1.29, 1.82) is 0 Å². The Bertz CT molecular complexity index is 1370. The Hall–Kier alpha value is -2.87. The number of hydrogen-bond donors (Lipinski definition) is 2. The Morgan fingerprint density at radius 1 is 0.725 bits per heavy atom. The molecule has 0 bridgehead atoms. The highest BCUT2D eigenvalue weighted by atomic mass is 32.2. The third-order valence-electron chi connectivity index (χ3n) is 10.5. The van der Waals surface area contributed by atoms with Gasteiger partial charge in [0.05, 0.1) is 10.9 Å². The molecule has 51 heavy (non-hydrogen) atoms. The van der Waals surface area contributed by atoms with E-state index in [1.807, 2.05) is 32.5 Å². The second-order valence-corrected chi connectivity index (χ2v) is 22.6. The van der Waals surface area contributed by atoms with E-state index in [1.54, 1.807) is 7.05 Å². The molecule has 0 heterocycles. The maximum absolute atomic E-state index is 14.4. The van der Waals surface area contributed by atoms with Crippen LogP contribution in [0, 0.1) is 11.3 Å². The van der Waals surface area contributed by atoms with Crippen molar-refractivity contribution in [3.05, 3.63) is 108 Å². The molecule has 0 aliphatic carbocycles. The fraction of sp³-hybridized carbons (Fsp3) is 0.545. The van der Waals surface area contributed by atoms with Gasteiger partial charge >= 0.3 is 0 Å². The van der Waals surface area contributed by atoms with Crippen LogP contribution >= 0.6 is 11.8 Å². The smallest absolute Gasteiger partial charge is 0.242 e. The third kappa shape index (κ3) is 11.8. The largest absolute Gasteiger partial charge is 0.413 e. The fourth-order valence-corrected chi connectivity index (χ4v) is 9.51. The normalized spacial score (nSPS) is 14.4. The van der Waals surface area contributed by atoms with Crippen molar-refractivity contribution in [3.63, 3.8) is 0 Å². The molecule has 0 saturated carbocycles. The SMILES string of the molecule is CCCCCCCC(C[C@@H](CSC(c1ccccc1)(c1ccccc1)c1ccccc1)O[Si](C)(C)C(C)(C)C)C(=O)N[C@H](C(=O)NC)C(C)(C)C. The van der Waals surface area contributed by atoms with Crippen LogP contribution in [0.15, 0.2) is 91.0 Å². The standard InChI is InChI=1S/C44H66N2O3SSi/c1-11-12-13-14-18-25-34(40(47)46-39(41(48)45-8)42(2,3)4)32-38(49-51(9,10)43(5,6)7)33-50-44(35-26-19-15-20-27-35,36-28-21-16-22-29-36)37-30-23-17-24-31-37/h15-17,19-24,26-31,34,38-39H,11-14,18,25,32-33H2,1-10H3,(H,45,48)(H,46,47)/t34?,38-,39+/m0/s1. The molecule has 280 valence electrons. The molecule has 0 fully saturated rings. The zero-order valence-corrected chi connectivity index (χ0v) is 35.0. The first-order valence-electron chi connectivity index (χ1n) is 19.1. The number of thioether (sulfide) groups is 1. The Morgan fingerprint density at radius 3 is 1.61 bits per heavy atom. The van der Waals surface area contributed by atoms with Crippen molar-refractivity contribution in [1.82, 2.24) is 10.6 Å². The Kier molecular flexibility index (Phi) is 16.1. The van der Waals surface area contributed by atoms with Gasteiger partial charge in [-0.15, -0.1) is 11.8 Å². The minimum absolute atomic E-state index is 0.000250. The molecular formula is C44H66N2O3SSi. The summed E-state index contributed by atoms with van der Waals surface area (Å²) in [7, 11) is -0.611. The number of likely N-dealkylation sites (N-methyl/N-ethyl adjacent to an activating group) is 1. The summed E-state index contributed by atoms with van der Waals surface area (Å²) in [6.07, 6.45) is 6.80. The van der Waals surface area contributed by atoms with Crippen LogP contribution in [0.2, 0.25) is 18.1 Å². The third-order valence-corrected chi connectivity index (χ3v) is 16.7.